The molecule has 0 aliphatic heterocycles. The van der Waals surface area contributed by atoms with E-state index in [1.807, 2.05) is 0 Å². The summed E-state index contributed by atoms with van der Waals surface area (Å²) in [6.45, 7) is 0. The van der Waals surface area contributed by atoms with Gasteiger partial charge in [-0.2, -0.15) is 4.21 Å². The zero-order valence-corrected chi connectivity index (χ0v) is 4.96. The second-order valence-electron chi connectivity index (χ2n) is 0. The molecule has 0 radical (unpaired) electrons. The zero-order valence-electron chi connectivity index (χ0n) is 1.93. The number of hydrogen-bond acceptors (Lipinski definition) is 2. The van der Waals surface area contributed by atoms with Gasteiger partial charge in [0, 0.05) is 0 Å². The van der Waals surface area contributed by atoms with E-state index >= 15 is 0 Å². The Labute approximate surface area is 59.4 Å². The van der Waals surface area contributed by atoms with Crippen LogP contribution in [0.25, 0.3) is 0 Å². The van der Waals surface area contributed by atoms with Gasteiger partial charge in [-0.3, -0.25) is 0 Å². The van der Waals surface area contributed by atoms with Gasteiger partial charge in [0.2, 0.25) is 0 Å². The van der Waals surface area contributed by atoms with Crippen molar-refractivity contribution >= 4 is 50.3 Å². The van der Waals surface area contributed by atoms with E-state index in [9.17, 15) is 0 Å². The fourth-order valence-electron chi connectivity index (χ4n) is 0. The molecule has 0 amide bonds. The van der Waals surface area contributed by atoms with E-state index in [4.69, 9.17) is 4.21 Å². The van der Waals surface area contributed by atoms with E-state index in [0.717, 1.165) is 0 Å². The predicted molar refractivity (Wildman–Crippen MR) is 14.6 cm³/mol. The molecule has 0 rings (SSSR count). The van der Waals surface area contributed by atoms with Gasteiger partial charge >= 0.3 is 37.7 Å². The van der Waals surface area contributed by atoms with Crippen LogP contribution < -0.4 is 0 Å². The second kappa shape index (κ2) is 29.0. The SMILES string of the molecule is O=S.[Ca+2].[O-2]. The van der Waals surface area contributed by atoms with Crippen LogP contribution in [0.2, 0.25) is 0 Å². The largest absolute Gasteiger partial charge is 2.00 e. The summed E-state index contributed by atoms with van der Waals surface area (Å²) in [6.07, 6.45) is 0. The first kappa shape index (κ1) is 18.8. The van der Waals surface area contributed by atoms with E-state index in [0.29, 0.717) is 0 Å². The molecule has 4 heavy (non-hydrogen) atoms. The van der Waals surface area contributed by atoms with E-state index in [1.54, 1.807) is 0 Å². The average molecular weight is 104 g/mol. The monoisotopic (exact) mass is 104 g/mol. The van der Waals surface area contributed by atoms with E-state index in [2.05, 4.69) is 12.5 Å². The van der Waals surface area contributed by atoms with Gasteiger partial charge in [0.15, 0.2) is 12.5 Å². The third-order valence-corrected chi connectivity index (χ3v) is 0. The number of rotatable bonds is 0. The average Bonchev–Trinajstić information content (AvgIpc) is 1.00. The fraction of sp³-hybridized carbons (Fsp3) is 0. The molecule has 0 aromatic carbocycles. The molecule has 4 heteroatoms. The Morgan fingerprint density at radius 1 is 1.25 bits per heavy atom. The summed E-state index contributed by atoms with van der Waals surface area (Å²) in [5.41, 5.74) is 0. The molecule has 0 saturated heterocycles. The van der Waals surface area contributed by atoms with Crippen LogP contribution in [0.3, 0.4) is 0 Å². The normalized spacial score (nSPS) is 1.00. The third-order valence-electron chi connectivity index (χ3n) is 0. The van der Waals surface area contributed by atoms with Crippen molar-refractivity contribution < 1.29 is 9.69 Å². The van der Waals surface area contributed by atoms with Crippen molar-refractivity contribution in [3.63, 3.8) is 0 Å². The molecule has 0 atom stereocenters. The Morgan fingerprint density at radius 2 is 1.25 bits per heavy atom. The second-order valence-corrected chi connectivity index (χ2v) is 0. The summed E-state index contributed by atoms with van der Waals surface area (Å²) in [5.74, 6) is 0. The smallest absolute Gasteiger partial charge is 2.00 e. The minimum atomic E-state index is 0. The van der Waals surface area contributed by atoms with Crippen LogP contribution >= 0.6 is 0 Å². The summed E-state index contributed by atoms with van der Waals surface area (Å²) in [4.78, 5) is 0. The topological polar surface area (TPSA) is 45.6 Å². The maximum absolute atomic E-state index is 7.83. The van der Waals surface area contributed by atoms with Gasteiger partial charge in [-0.1, -0.05) is 0 Å². The van der Waals surface area contributed by atoms with Crippen LogP contribution in [0, 0.1) is 0 Å². The van der Waals surface area contributed by atoms with Gasteiger partial charge in [0.25, 0.3) is 0 Å². The van der Waals surface area contributed by atoms with Gasteiger partial charge in [-0.25, -0.2) is 0 Å². The summed E-state index contributed by atoms with van der Waals surface area (Å²) >= 11 is 2.83. The first-order chi connectivity index (χ1) is 1.00. The summed E-state index contributed by atoms with van der Waals surface area (Å²) in [6, 6.07) is 0. The van der Waals surface area contributed by atoms with E-state index < -0.39 is 0 Å². The van der Waals surface area contributed by atoms with Crippen molar-refractivity contribution in [2.75, 3.05) is 0 Å². The molecule has 2 nitrogen and oxygen atoms in total. The van der Waals surface area contributed by atoms with Crippen LogP contribution in [0.5, 0.6) is 0 Å². The van der Waals surface area contributed by atoms with E-state index in [1.165, 1.54) is 0 Å². The minimum Gasteiger partial charge on any atom is -2.00 e. The van der Waals surface area contributed by atoms with Crippen molar-refractivity contribution in [3.05, 3.63) is 0 Å². The third kappa shape index (κ3) is 10.6. The quantitative estimate of drug-likeness (QED) is 0.376. The van der Waals surface area contributed by atoms with Gasteiger partial charge in [0.1, 0.15) is 0 Å². The molecule has 0 aromatic heterocycles. The maximum atomic E-state index is 7.83. The molecule has 0 saturated carbocycles. The van der Waals surface area contributed by atoms with E-state index in [-0.39, 0.29) is 43.2 Å². The molecule has 0 N–H and O–H groups in total. The van der Waals surface area contributed by atoms with Gasteiger partial charge in [0.05, 0.1) is 0 Å². The first-order valence-electron chi connectivity index (χ1n) is 0.167. The number of hydrogen-bond donors (Lipinski definition) is 0. The maximum Gasteiger partial charge on any atom is 2.00 e. The molecule has 0 fully saturated rings. The van der Waals surface area contributed by atoms with Gasteiger partial charge < -0.3 is 5.48 Å². The molecular weight excluding hydrogens is 104 g/mol. The Hall–Kier alpha value is 1.24. The standard InChI is InChI=1S/Ca.OS.O/c;1-2;/q+2;;-2. The Kier molecular flexibility index (Phi) is 136. The first-order valence-corrected chi connectivity index (χ1v) is 0.500. The Morgan fingerprint density at radius 3 is 1.25 bits per heavy atom. The molecular formula is CaO2S. The van der Waals surface area contributed by atoms with Crippen molar-refractivity contribution in [1.82, 2.24) is 0 Å². The fourth-order valence-corrected chi connectivity index (χ4v) is 0. The molecule has 20 valence electrons. The van der Waals surface area contributed by atoms with Crippen LogP contribution in [0.1, 0.15) is 0 Å². The van der Waals surface area contributed by atoms with Crippen molar-refractivity contribution in [3.8, 4) is 0 Å². The van der Waals surface area contributed by atoms with Gasteiger partial charge in [-0.15, -0.1) is 0 Å². The van der Waals surface area contributed by atoms with Crippen molar-refractivity contribution in [2.24, 2.45) is 0 Å². The molecule has 0 aliphatic carbocycles. The van der Waals surface area contributed by atoms with Crippen LogP contribution in [-0.4, -0.2) is 41.9 Å². The zero-order chi connectivity index (χ0) is 2.00. The molecule has 0 unspecified atom stereocenters. The molecule has 0 heterocycles. The van der Waals surface area contributed by atoms with Crippen LogP contribution in [-0.2, 0) is 18.0 Å². The van der Waals surface area contributed by atoms with Crippen LogP contribution in [0.4, 0.5) is 0 Å². The Balaban J connectivity index is -0.00000000500. The Bertz CT molecular complexity index is 6.00. The van der Waals surface area contributed by atoms with Gasteiger partial charge in [-0.05, 0) is 0 Å². The predicted octanol–water partition coefficient (Wildman–Crippen LogP) is -0.836. The van der Waals surface area contributed by atoms with Crippen LogP contribution in [0.15, 0.2) is 0 Å². The summed E-state index contributed by atoms with van der Waals surface area (Å²) in [7, 11) is 0. The summed E-state index contributed by atoms with van der Waals surface area (Å²) in [5, 5.41) is 0. The molecule has 0 aliphatic rings. The van der Waals surface area contributed by atoms with Crippen molar-refractivity contribution in [2.45, 2.75) is 0 Å². The molecule has 0 bridgehead atoms. The molecule has 0 spiro atoms. The minimum absolute atomic E-state index is 0. The summed E-state index contributed by atoms with van der Waals surface area (Å²) < 4.78 is 7.83. The van der Waals surface area contributed by atoms with Crippen molar-refractivity contribution in [1.29, 1.82) is 0 Å². The molecule has 0 aromatic rings.